The van der Waals surface area contributed by atoms with Crippen molar-refractivity contribution in [3.05, 3.63) is 108 Å². The first kappa shape index (κ1) is 21.9. The first-order valence-electron chi connectivity index (χ1n) is 11.3. The van der Waals surface area contributed by atoms with E-state index < -0.39 is 54.5 Å². The van der Waals surface area contributed by atoms with Gasteiger partial charge in [-0.1, -0.05) is 66.7 Å². The van der Waals surface area contributed by atoms with Gasteiger partial charge in [0.15, 0.2) is 12.2 Å². The molecule has 1 saturated carbocycles. The quantitative estimate of drug-likeness (QED) is 0.564. The van der Waals surface area contributed by atoms with E-state index in [2.05, 4.69) is 0 Å². The van der Waals surface area contributed by atoms with Gasteiger partial charge < -0.3 is 28.8 Å². The van der Waals surface area contributed by atoms with Crippen LogP contribution in [0.1, 0.15) is 26.3 Å². The summed E-state index contributed by atoms with van der Waals surface area (Å²) in [4.78, 5) is 25.8. The van der Waals surface area contributed by atoms with Crippen LogP contribution in [0, 0.1) is 0 Å². The summed E-state index contributed by atoms with van der Waals surface area (Å²) in [6.45, 7) is 0. The number of carbonyl (C=O) groups excluding carboxylic acids is 2. The Bertz CT molecular complexity index is 1140. The topological polar surface area (TPSA) is 101 Å². The first-order valence-corrected chi connectivity index (χ1v) is 11.3. The standard InChI is InChI=1S/C27H22O8/c28-19-20-22(31-25(29)16-10-4-1-5-11-16)24-23(32-26(30)17-12-6-2-7-13-17)21(19)34-27(33-20,35-24)18-14-8-3-9-15-18/h1-15,19-24,28H/t19?,20-,21+,22-,23-,24?,27?/m0/s1. The molecular weight excluding hydrogens is 452 g/mol. The van der Waals surface area contributed by atoms with Gasteiger partial charge in [0.25, 0.3) is 0 Å². The second-order valence-electron chi connectivity index (χ2n) is 8.63. The Labute approximate surface area is 200 Å². The molecule has 35 heavy (non-hydrogen) atoms. The second-order valence-corrected chi connectivity index (χ2v) is 8.63. The largest absolute Gasteiger partial charge is 0.453 e. The molecule has 7 rings (SSSR count). The predicted molar refractivity (Wildman–Crippen MR) is 120 cm³/mol. The molecule has 0 radical (unpaired) electrons. The molecule has 8 heteroatoms. The summed E-state index contributed by atoms with van der Waals surface area (Å²) in [5.74, 6) is -2.83. The fourth-order valence-corrected chi connectivity index (χ4v) is 4.81. The summed E-state index contributed by atoms with van der Waals surface area (Å²) in [5, 5.41) is 11.1. The van der Waals surface area contributed by atoms with Gasteiger partial charge in [0.05, 0.1) is 11.1 Å². The molecule has 7 atom stereocenters. The Morgan fingerprint density at radius 2 is 1.03 bits per heavy atom. The Hall–Kier alpha value is -3.56. The highest BCUT2D eigenvalue weighted by Gasteiger charge is 2.70. The number of benzene rings is 3. The molecule has 3 heterocycles. The van der Waals surface area contributed by atoms with Gasteiger partial charge in [-0.15, -0.1) is 0 Å². The normalized spacial score (nSPS) is 32.7. The zero-order valence-corrected chi connectivity index (χ0v) is 18.4. The van der Waals surface area contributed by atoms with Crippen molar-refractivity contribution < 1.29 is 38.4 Å². The highest BCUT2D eigenvalue weighted by atomic mass is 16.9. The van der Waals surface area contributed by atoms with Gasteiger partial charge >= 0.3 is 17.9 Å². The summed E-state index contributed by atoms with van der Waals surface area (Å²) in [6, 6.07) is 25.9. The van der Waals surface area contributed by atoms with E-state index in [1.54, 1.807) is 84.9 Å². The van der Waals surface area contributed by atoms with E-state index in [9.17, 15) is 14.7 Å². The van der Waals surface area contributed by atoms with Crippen molar-refractivity contribution in [1.29, 1.82) is 0 Å². The molecule has 4 aliphatic rings. The highest BCUT2D eigenvalue weighted by Crippen LogP contribution is 2.51. The smallest absolute Gasteiger partial charge is 0.338 e. The van der Waals surface area contributed by atoms with E-state index in [4.69, 9.17) is 23.7 Å². The van der Waals surface area contributed by atoms with Gasteiger partial charge in [-0.05, 0) is 24.3 Å². The molecule has 0 spiro atoms. The lowest BCUT2D eigenvalue weighted by atomic mass is 9.81. The maximum Gasteiger partial charge on any atom is 0.338 e. The van der Waals surface area contributed by atoms with Crippen LogP contribution in [0.25, 0.3) is 0 Å². The summed E-state index contributed by atoms with van der Waals surface area (Å²) in [5.41, 5.74) is 1.25. The van der Waals surface area contributed by atoms with Crippen molar-refractivity contribution in [3.8, 4) is 0 Å². The first-order chi connectivity index (χ1) is 17.1. The Morgan fingerprint density at radius 3 is 1.49 bits per heavy atom. The third-order valence-electron chi connectivity index (χ3n) is 6.47. The summed E-state index contributed by atoms with van der Waals surface area (Å²) in [7, 11) is 0. The third kappa shape index (κ3) is 3.71. The van der Waals surface area contributed by atoms with Gasteiger partial charge in [0, 0.05) is 5.56 Å². The number of hydrogen-bond donors (Lipinski definition) is 1. The molecule has 1 aliphatic carbocycles. The van der Waals surface area contributed by atoms with Gasteiger partial charge in [-0.3, -0.25) is 0 Å². The fraction of sp³-hybridized carbons (Fsp3) is 0.259. The number of esters is 2. The molecule has 178 valence electrons. The molecule has 3 aromatic rings. The zero-order chi connectivity index (χ0) is 24.0. The van der Waals surface area contributed by atoms with Crippen LogP contribution >= 0.6 is 0 Å². The number of hydrogen-bond acceptors (Lipinski definition) is 8. The van der Waals surface area contributed by atoms with Crippen molar-refractivity contribution >= 4 is 11.9 Å². The molecule has 0 aromatic heterocycles. The third-order valence-corrected chi connectivity index (χ3v) is 6.47. The van der Waals surface area contributed by atoms with Crippen molar-refractivity contribution in [2.45, 2.75) is 42.6 Å². The molecular formula is C27H22O8. The minimum Gasteiger partial charge on any atom is -0.453 e. The molecule has 3 saturated heterocycles. The van der Waals surface area contributed by atoms with Gasteiger partial charge in [-0.2, -0.15) is 0 Å². The van der Waals surface area contributed by atoms with Crippen LogP contribution in [-0.2, 0) is 29.7 Å². The molecule has 3 aliphatic heterocycles. The summed E-state index contributed by atoms with van der Waals surface area (Å²) in [6.07, 6.45) is -6.14. The lowest BCUT2D eigenvalue weighted by Gasteiger charge is -2.61. The Balaban J connectivity index is 1.34. The van der Waals surface area contributed by atoms with E-state index in [0.717, 1.165) is 0 Å². The van der Waals surface area contributed by atoms with Crippen LogP contribution in [-0.4, -0.2) is 53.7 Å². The Kier molecular flexibility index (Phi) is 5.38. The molecule has 0 amide bonds. The van der Waals surface area contributed by atoms with Crippen molar-refractivity contribution in [2.75, 3.05) is 0 Å². The minimum atomic E-state index is -1.62. The van der Waals surface area contributed by atoms with E-state index in [-0.39, 0.29) is 0 Å². The number of ether oxygens (including phenoxy) is 5. The molecule has 3 aromatic carbocycles. The number of rotatable bonds is 5. The average Bonchev–Trinajstić information content (AvgIpc) is 2.91. The van der Waals surface area contributed by atoms with E-state index >= 15 is 0 Å². The van der Waals surface area contributed by atoms with E-state index in [1.807, 2.05) is 6.07 Å². The second kappa shape index (κ2) is 8.58. The summed E-state index contributed by atoms with van der Waals surface area (Å²) >= 11 is 0. The van der Waals surface area contributed by atoms with E-state index in [0.29, 0.717) is 16.7 Å². The minimum absolute atomic E-state index is 0.336. The van der Waals surface area contributed by atoms with Crippen molar-refractivity contribution in [1.82, 2.24) is 0 Å². The fourth-order valence-electron chi connectivity index (χ4n) is 4.81. The van der Waals surface area contributed by atoms with Crippen molar-refractivity contribution in [2.24, 2.45) is 0 Å². The molecule has 8 nitrogen and oxygen atoms in total. The van der Waals surface area contributed by atoms with Gasteiger partial charge in [0.2, 0.25) is 0 Å². The number of carbonyl (C=O) groups is 2. The molecule has 1 N–H and O–H groups in total. The van der Waals surface area contributed by atoms with Crippen molar-refractivity contribution in [3.63, 3.8) is 0 Å². The van der Waals surface area contributed by atoms with Crippen LogP contribution in [0.15, 0.2) is 91.0 Å². The molecule has 4 fully saturated rings. The number of aliphatic hydroxyl groups excluding tert-OH is 1. The van der Waals surface area contributed by atoms with Crippen LogP contribution in [0.5, 0.6) is 0 Å². The molecule has 3 unspecified atom stereocenters. The maximum absolute atomic E-state index is 12.9. The lowest BCUT2D eigenvalue weighted by molar-refractivity contribution is -0.546. The highest BCUT2D eigenvalue weighted by molar-refractivity contribution is 5.90. The Morgan fingerprint density at radius 1 is 0.629 bits per heavy atom. The van der Waals surface area contributed by atoms with Crippen LogP contribution < -0.4 is 0 Å². The predicted octanol–water partition coefficient (Wildman–Crippen LogP) is 2.81. The van der Waals surface area contributed by atoms with E-state index in [1.165, 1.54) is 0 Å². The number of aliphatic hydroxyl groups is 1. The van der Waals surface area contributed by atoms with Crippen LogP contribution in [0.4, 0.5) is 0 Å². The van der Waals surface area contributed by atoms with Gasteiger partial charge in [0.1, 0.15) is 24.4 Å². The maximum atomic E-state index is 12.9. The van der Waals surface area contributed by atoms with Crippen LogP contribution in [0.3, 0.4) is 0 Å². The van der Waals surface area contributed by atoms with Gasteiger partial charge in [-0.25, -0.2) is 9.59 Å². The monoisotopic (exact) mass is 474 g/mol. The zero-order valence-electron chi connectivity index (χ0n) is 18.4. The average molecular weight is 474 g/mol. The summed E-state index contributed by atoms with van der Waals surface area (Å²) < 4.78 is 30.0. The molecule has 4 bridgehead atoms. The SMILES string of the molecule is O=C(O[C@@H]1C2OC3(c4ccccc4)O[C@@H]1C(O)[C@H](O3)[C@@H]2OC(=O)c1ccccc1)c1ccccc1. The van der Waals surface area contributed by atoms with Crippen LogP contribution in [0.2, 0.25) is 0 Å². The lowest BCUT2D eigenvalue weighted by Crippen LogP contribution is -2.78.